The molecule has 1 fully saturated rings. The molecule has 0 unspecified atom stereocenters. The van der Waals surface area contributed by atoms with Gasteiger partial charge < -0.3 is 15.5 Å². The fourth-order valence-electron chi connectivity index (χ4n) is 2.01. The molecule has 19 heavy (non-hydrogen) atoms. The summed E-state index contributed by atoms with van der Waals surface area (Å²) in [6.07, 6.45) is 0. The summed E-state index contributed by atoms with van der Waals surface area (Å²) in [5.41, 5.74) is 5.53. The molecule has 2 heterocycles. The zero-order valence-electron chi connectivity index (χ0n) is 11.2. The molecule has 0 saturated carbocycles. The lowest BCUT2D eigenvalue weighted by Crippen LogP contribution is -2.50. The molecular weight excluding hydrogens is 282 g/mol. The van der Waals surface area contributed by atoms with Crippen molar-refractivity contribution < 1.29 is 4.79 Å². The van der Waals surface area contributed by atoms with Gasteiger partial charge in [0.1, 0.15) is 0 Å². The average Bonchev–Trinajstić information content (AvgIpc) is 2.83. The van der Waals surface area contributed by atoms with Gasteiger partial charge in [-0.05, 0) is 13.5 Å². The first kappa shape index (κ1) is 14.5. The molecule has 2 N–H and O–H groups in total. The predicted octanol–water partition coefficient (Wildman–Crippen LogP) is 0.765. The van der Waals surface area contributed by atoms with Crippen molar-refractivity contribution in [2.45, 2.75) is 23.4 Å². The fourth-order valence-corrected chi connectivity index (χ4v) is 3.88. The number of amides is 1. The van der Waals surface area contributed by atoms with E-state index in [0.29, 0.717) is 5.13 Å². The lowest BCUT2D eigenvalue weighted by atomic mass is 10.3. The van der Waals surface area contributed by atoms with Crippen molar-refractivity contribution in [2.75, 3.05) is 38.5 Å². The summed E-state index contributed by atoms with van der Waals surface area (Å²) < 4.78 is 0.755. The number of nitrogens with two attached hydrogens (primary N) is 1. The number of anilines is 1. The second-order valence-corrected chi connectivity index (χ2v) is 7.02. The Balaban J connectivity index is 1.85. The van der Waals surface area contributed by atoms with Crippen LogP contribution in [0.15, 0.2) is 4.34 Å². The average molecular weight is 301 g/mol. The van der Waals surface area contributed by atoms with E-state index >= 15 is 0 Å². The molecule has 1 aliphatic heterocycles. The molecule has 6 nitrogen and oxygen atoms in total. The van der Waals surface area contributed by atoms with E-state index in [-0.39, 0.29) is 11.2 Å². The molecule has 0 bridgehead atoms. The van der Waals surface area contributed by atoms with Gasteiger partial charge in [-0.1, -0.05) is 30.0 Å². The predicted molar refractivity (Wildman–Crippen MR) is 78.3 cm³/mol. The number of rotatable bonds is 4. The van der Waals surface area contributed by atoms with Gasteiger partial charge >= 0.3 is 0 Å². The Bertz CT molecular complexity index is 430. The van der Waals surface area contributed by atoms with Gasteiger partial charge in [0.05, 0.1) is 5.25 Å². The van der Waals surface area contributed by atoms with Crippen molar-refractivity contribution in [1.29, 1.82) is 0 Å². The van der Waals surface area contributed by atoms with Gasteiger partial charge in [0.2, 0.25) is 11.0 Å². The molecule has 0 aromatic carbocycles. The Morgan fingerprint density at radius 2 is 2.11 bits per heavy atom. The van der Waals surface area contributed by atoms with Crippen LogP contribution in [0.5, 0.6) is 0 Å². The number of nitrogens with zero attached hydrogens (tertiary/aromatic N) is 4. The van der Waals surface area contributed by atoms with Crippen LogP contribution in [0.4, 0.5) is 5.13 Å². The largest absolute Gasteiger partial charge is 0.374 e. The molecule has 1 saturated heterocycles. The maximum Gasteiger partial charge on any atom is 0.235 e. The molecule has 8 heteroatoms. The third-order valence-electron chi connectivity index (χ3n) is 3.18. The second-order valence-electron chi connectivity index (χ2n) is 4.43. The van der Waals surface area contributed by atoms with Crippen LogP contribution >= 0.6 is 23.1 Å². The topological polar surface area (TPSA) is 75.3 Å². The summed E-state index contributed by atoms with van der Waals surface area (Å²) in [7, 11) is 0. The van der Waals surface area contributed by atoms with E-state index in [1.165, 1.54) is 23.1 Å². The van der Waals surface area contributed by atoms with Gasteiger partial charge in [-0.25, -0.2) is 0 Å². The Morgan fingerprint density at radius 1 is 1.42 bits per heavy atom. The number of hydrogen-bond donors (Lipinski definition) is 1. The molecule has 0 aliphatic carbocycles. The van der Waals surface area contributed by atoms with Gasteiger partial charge in [0.15, 0.2) is 4.34 Å². The number of piperazine rings is 1. The number of likely N-dealkylation sites (N-methyl/N-ethyl adjacent to an activating group) is 1. The lowest BCUT2D eigenvalue weighted by Gasteiger charge is -2.35. The van der Waals surface area contributed by atoms with Gasteiger partial charge in [0.25, 0.3) is 0 Å². The highest BCUT2D eigenvalue weighted by atomic mass is 32.2. The van der Waals surface area contributed by atoms with Gasteiger partial charge in [-0.15, -0.1) is 10.2 Å². The summed E-state index contributed by atoms with van der Waals surface area (Å²) in [4.78, 5) is 16.6. The third kappa shape index (κ3) is 3.80. The number of hydrogen-bond acceptors (Lipinski definition) is 7. The number of carbonyl (C=O) groups is 1. The van der Waals surface area contributed by atoms with Gasteiger partial charge in [0, 0.05) is 26.2 Å². The van der Waals surface area contributed by atoms with Crippen molar-refractivity contribution in [3.8, 4) is 0 Å². The molecule has 0 radical (unpaired) electrons. The number of aromatic nitrogens is 2. The van der Waals surface area contributed by atoms with Crippen molar-refractivity contribution >= 4 is 34.1 Å². The summed E-state index contributed by atoms with van der Waals surface area (Å²) in [6.45, 7) is 8.67. The maximum atomic E-state index is 12.3. The van der Waals surface area contributed by atoms with Crippen LogP contribution in [0.3, 0.4) is 0 Å². The summed E-state index contributed by atoms with van der Waals surface area (Å²) in [6, 6.07) is 0. The minimum atomic E-state index is -0.138. The first-order chi connectivity index (χ1) is 9.10. The van der Waals surface area contributed by atoms with Crippen LogP contribution in [0.2, 0.25) is 0 Å². The molecule has 106 valence electrons. The van der Waals surface area contributed by atoms with Crippen LogP contribution in [-0.2, 0) is 4.79 Å². The molecule has 2 rings (SSSR count). The summed E-state index contributed by atoms with van der Waals surface area (Å²) >= 11 is 2.76. The van der Waals surface area contributed by atoms with Crippen molar-refractivity contribution in [3.05, 3.63) is 0 Å². The summed E-state index contributed by atoms with van der Waals surface area (Å²) in [5, 5.41) is 8.00. The van der Waals surface area contributed by atoms with Crippen LogP contribution in [0, 0.1) is 0 Å². The first-order valence-corrected chi connectivity index (χ1v) is 8.06. The monoisotopic (exact) mass is 301 g/mol. The van der Waals surface area contributed by atoms with Crippen LogP contribution in [0.1, 0.15) is 13.8 Å². The fraction of sp³-hybridized carbons (Fsp3) is 0.727. The van der Waals surface area contributed by atoms with Crippen molar-refractivity contribution in [3.63, 3.8) is 0 Å². The van der Waals surface area contributed by atoms with Crippen molar-refractivity contribution in [2.24, 2.45) is 0 Å². The van der Waals surface area contributed by atoms with E-state index in [1.807, 2.05) is 11.8 Å². The summed E-state index contributed by atoms with van der Waals surface area (Å²) in [5.74, 6) is 0.175. The Kier molecular flexibility index (Phi) is 5.00. The normalized spacial score (nSPS) is 18.5. The zero-order valence-corrected chi connectivity index (χ0v) is 12.8. The molecule has 1 amide bonds. The van der Waals surface area contributed by atoms with Gasteiger partial charge in [-0.2, -0.15) is 0 Å². The van der Waals surface area contributed by atoms with E-state index in [1.54, 1.807) is 0 Å². The Morgan fingerprint density at radius 3 is 2.63 bits per heavy atom. The van der Waals surface area contributed by atoms with E-state index in [0.717, 1.165) is 37.1 Å². The van der Waals surface area contributed by atoms with Crippen LogP contribution < -0.4 is 5.73 Å². The van der Waals surface area contributed by atoms with E-state index < -0.39 is 0 Å². The van der Waals surface area contributed by atoms with Crippen LogP contribution in [-0.4, -0.2) is 63.9 Å². The minimum Gasteiger partial charge on any atom is -0.374 e. The highest BCUT2D eigenvalue weighted by Crippen LogP contribution is 2.28. The molecule has 0 spiro atoms. The zero-order chi connectivity index (χ0) is 13.8. The lowest BCUT2D eigenvalue weighted by molar-refractivity contribution is -0.132. The van der Waals surface area contributed by atoms with E-state index in [9.17, 15) is 4.79 Å². The smallest absolute Gasteiger partial charge is 0.235 e. The highest BCUT2D eigenvalue weighted by molar-refractivity contribution is 8.02. The number of carbonyl (C=O) groups excluding carboxylic acids is 1. The first-order valence-electron chi connectivity index (χ1n) is 6.37. The molecule has 1 aromatic rings. The molecule has 1 aromatic heterocycles. The standard InChI is InChI=1S/C11H19N5OS2/c1-3-15-4-6-16(7-5-15)9(17)8(2)18-11-14-13-10(12)19-11/h8H,3-7H2,1-2H3,(H2,12,13)/t8-/m0/s1. The minimum absolute atomic E-state index is 0.138. The quantitative estimate of drug-likeness (QED) is 0.828. The van der Waals surface area contributed by atoms with Crippen LogP contribution in [0.25, 0.3) is 0 Å². The third-order valence-corrected chi connectivity index (χ3v) is 5.10. The second kappa shape index (κ2) is 6.53. The maximum absolute atomic E-state index is 12.3. The molecule has 1 atom stereocenters. The highest BCUT2D eigenvalue weighted by Gasteiger charge is 2.25. The molecular formula is C11H19N5OS2. The number of nitrogen functional groups attached to an aromatic ring is 1. The number of thioether (sulfide) groups is 1. The van der Waals surface area contributed by atoms with E-state index in [4.69, 9.17) is 5.73 Å². The van der Waals surface area contributed by atoms with E-state index in [2.05, 4.69) is 22.0 Å². The van der Waals surface area contributed by atoms with Crippen molar-refractivity contribution in [1.82, 2.24) is 20.0 Å². The Hall–Kier alpha value is -0.860. The Labute approximate surface area is 121 Å². The SMILES string of the molecule is CCN1CCN(C(=O)[C@H](C)Sc2nnc(N)s2)CC1. The van der Waals surface area contributed by atoms with Gasteiger partial charge in [-0.3, -0.25) is 4.79 Å². The molecule has 1 aliphatic rings.